The molecule has 0 heterocycles. The van der Waals surface area contributed by atoms with Crippen LogP contribution in [0.5, 0.6) is 17.2 Å². The summed E-state index contributed by atoms with van der Waals surface area (Å²) in [6, 6.07) is 3.31. The van der Waals surface area contributed by atoms with E-state index in [2.05, 4.69) is 0 Å². The van der Waals surface area contributed by atoms with E-state index in [4.69, 9.17) is 4.74 Å². The van der Waals surface area contributed by atoms with Crippen molar-refractivity contribution in [1.82, 2.24) is 0 Å². The summed E-state index contributed by atoms with van der Waals surface area (Å²) in [5.41, 5.74) is 0.817. The Morgan fingerprint density at radius 2 is 1.61 bits per heavy atom. The summed E-state index contributed by atoms with van der Waals surface area (Å²) < 4.78 is 5.00. The molecule has 0 fully saturated rings. The fourth-order valence-corrected chi connectivity index (χ4v) is 2.70. The average Bonchev–Trinajstić information content (AvgIpc) is 2.55. The van der Waals surface area contributed by atoms with Crippen LogP contribution in [0.2, 0.25) is 0 Å². The minimum Gasteiger partial charge on any atom is -0.504 e. The van der Waals surface area contributed by atoms with Gasteiger partial charge in [-0.2, -0.15) is 0 Å². The summed E-state index contributed by atoms with van der Waals surface area (Å²) in [5.74, 6) is 0.543. The molecule has 0 aliphatic heterocycles. The molecule has 0 unspecified atom stereocenters. The number of carbonyl (C=O) groups is 1. The van der Waals surface area contributed by atoms with Gasteiger partial charge in [-0.25, -0.2) is 0 Å². The SMILES string of the molecule is CCC(=O)CCCCCCCCCc1ccc(O)c(OC)c1O. The molecule has 23 heavy (non-hydrogen) atoms. The first-order chi connectivity index (χ1) is 11.1. The zero-order valence-corrected chi connectivity index (χ0v) is 14.4. The fraction of sp³-hybridized carbons (Fsp3) is 0.632. The van der Waals surface area contributed by atoms with Gasteiger partial charge < -0.3 is 14.9 Å². The normalized spacial score (nSPS) is 10.7. The number of methoxy groups -OCH3 is 1. The number of phenols is 2. The molecule has 0 bridgehead atoms. The summed E-state index contributed by atoms with van der Waals surface area (Å²) in [7, 11) is 1.44. The number of benzene rings is 1. The quantitative estimate of drug-likeness (QED) is 0.545. The zero-order valence-electron chi connectivity index (χ0n) is 14.4. The number of hydrogen-bond acceptors (Lipinski definition) is 4. The fourth-order valence-electron chi connectivity index (χ4n) is 2.70. The average molecular weight is 322 g/mol. The molecule has 0 aromatic heterocycles. The van der Waals surface area contributed by atoms with Crippen LogP contribution in [0.3, 0.4) is 0 Å². The third kappa shape index (κ3) is 6.93. The summed E-state index contributed by atoms with van der Waals surface area (Å²) in [6.07, 6.45) is 10.0. The largest absolute Gasteiger partial charge is 0.504 e. The highest BCUT2D eigenvalue weighted by molar-refractivity contribution is 5.77. The third-order valence-electron chi connectivity index (χ3n) is 4.19. The lowest BCUT2D eigenvalue weighted by Crippen LogP contribution is -1.94. The van der Waals surface area contributed by atoms with Gasteiger partial charge in [0.1, 0.15) is 5.78 Å². The van der Waals surface area contributed by atoms with Crippen molar-refractivity contribution in [3.05, 3.63) is 17.7 Å². The van der Waals surface area contributed by atoms with E-state index in [9.17, 15) is 15.0 Å². The molecule has 2 N–H and O–H groups in total. The molecule has 0 atom stereocenters. The highest BCUT2D eigenvalue weighted by Gasteiger charge is 2.12. The molecule has 4 heteroatoms. The smallest absolute Gasteiger partial charge is 0.203 e. The number of hydrogen-bond donors (Lipinski definition) is 2. The second-order valence-electron chi connectivity index (χ2n) is 5.99. The lowest BCUT2D eigenvalue weighted by molar-refractivity contribution is -0.118. The van der Waals surface area contributed by atoms with Gasteiger partial charge in [-0.05, 0) is 30.9 Å². The topological polar surface area (TPSA) is 66.8 Å². The first-order valence-electron chi connectivity index (χ1n) is 8.69. The van der Waals surface area contributed by atoms with E-state index >= 15 is 0 Å². The molecule has 1 aromatic carbocycles. The molecular weight excluding hydrogens is 292 g/mol. The van der Waals surface area contributed by atoms with Crippen LogP contribution in [0.1, 0.15) is 70.3 Å². The van der Waals surface area contributed by atoms with Gasteiger partial charge in [0.15, 0.2) is 11.5 Å². The van der Waals surface area contributed by atoms with E-state index in [1.807, 2.05) is 6.92 Å². The van der Waals surface area contributed by atoms with Crippen molar-refractivity contribution in [3.8, 4) is 17.2 Å². The molecule has 130 valence electrons. The van der Waals surface area contributed by atoms with Crippen LogP contribution < -0.4 is 4.74 Å². The first-order valence-corrected chi connectivity index (χ1v) is 8.69. The highest BCUT2D eigenvalue weighted by Crippen LogP contribution is 2.38. The van der Waals surface area contributed by atoms with Crippen LogP contribution in [0.4, 0.5) is 0 Å². The Kier molecular flexibility index (Phi) is 9.18. The van der Waals surface area contributed by atoms with Crippen molar-refractivity contribution in [3.63, 3.8) is 0 Å². The number of carbonyl (C=O) groups excluding carboxylic acids is 1. The van der Waals surface area contributed by atoms with E-state index in [1.165, 1.54) is 26.4 Å². The Morgan fingerprint density at radius 1 is 1.00 bits per heavy atom. The maximum atomic E-state index is 11.2. The van der Waals surface area contributed by atoms with Crippen LogP contribution in [0.15, 0.2) is 12.1 Å². The van der Waals surface area contributed by atoms with Gasteiger partial charge in [-0.1, -0.05) is 45.1 Å². The van der Waals surface area contributed by atoms with Crippen molar-refractivity contribution >= 4 is 5.78 Å². The van der Waals surface area contributed by atoms with Crippen LogP contribution in [-0.4, -0.2) is 23.1 Å². The number of aromatic hydroxyl groups is 2. The van der Waals surface area contributed by atoms with E-state index < -0.39 is 0 Å². The van der Waals surface area contributed by atoms with Gasteiger partial charge in [-0.3, -0.25) is 4.79 Å². The van der Waals surface area contributed by atoms with Crippen molar-refractivity contribution in [2.24, 2.45) is 0 Å². The molecule has 0 aliphatic rings. The number of phenolic OH excluding ortho intramolecular Hbond substituents is 2. The maximum absolute atomic E-state index is 11.2. The highest BCUT2D eigenvalue weighted by atomic mass is 16.5. The molecule has 0 radical (unpaired) electrons. The number of ketones is 1. The molecule has 0 saturated heterocycles. The van der Waals surface area contributed by atoms with Crippen molar-refractivity contribution in [1.29, 1.82) is 0 Å². The first kappa shape index (κ1) is 19.3. The molecule has 4 nitrogen and oxygen atoms in total. The Bertz CT molecular complexity index is 483. The molecule has 1 aromatic rings. The minimum absolute atomic E-state index is 0.0321. The van der Waals surface area contributed by atoms with E-state index in [-0.39, 0.29) is 17.2 Å². The summed E-state index contributed by atoms with van der Waals surface area (Å²) in [4.78, 5) is 11.2. The number of aryl methyl sites for hydroxylation is 1. The van der Waals surface area contributed by atoms with Crippen LogP contribution in [0.25, 0.3) is 0 Å². The van der Waals surface area contributed by atoms with Gasteiger partial charge in [0.05, 0.1) is 7.11 Å². The van der Waals surface area contributed by atoms with Crippen LogP contribution in [-0.2, 0) is 11.2 Å². The molecule has 0 spiro atoms. The molecule has 1 rings (SSSR count). The second kappa shape index (κ2) is 10.9. The van der Waals surface area contributed by atoms with Crippen molar-refractivity contribution in [2.75, 3.05) is 7.11 Å². The second-order valence-corrected chi connectivity index (χ2v) is 5.99. The Morgan fingerprint density at radius 3 is 2.22 bits per heavy atom. The lowest BCUT2D eigenvalue weighted by atomic mass is 10.0. The lowest BCUT2D eigenvalue weighted by Gasteiger charge is -2.10. The van der Waals surface area contributed by atoms with E-state index in [0.717, 1.165) is 44.1 Å². The molecule has 0 aliphatic carbocycles. The summed E-state index contributed by atoms with van der Waals surface area (Å²) in [6.45, 7) is 1.92. The summed E-state index contributed by atoms with van der Waals surface area (Å²) in [5, 5.41) is 19.6. The van der Waals surface area contributed by atoms with E-state index in [1.54, 1.807) is 12.1 Å². The van der Waals surface area contributed by atoms with Crippen molar-refractivity contribution < 1.29 is 19.7 Å². The zero-order chi connectivity index (χ0) is 17.1. The van der Waals surface area contributed by atoms with Gasteiger partial charge in [0, 0.05) is 12.8 Å². The minimum atomic E-state index is -0.0321. The maximum Gasteiger partial charge on any atom is 0.203 e. The summed E-state index contributed by atoms with van der Waals surface area (Å²) >= 11 is 0. The predicted octanol–water partition coefficient (Wildman–Crippen LogP) is 4.75. The molecule has 0 amide bonds. The van der Waals surface area contributed by atoms with Gasteiger partial charge >= 0.3 is 0 Å². The number of unbranched alkanes of at least 4 members (excludes halogenated alkanes) is 6. The van der Waals surface area contributed by atoms with E-state index in [0.29, 0.717) is 12.2 Å². The number of rotatable bonds is 12. The standard InChI is InChI=1S/C19H30O4/c1-3-16(20)12-10-8-6-4-5-7-9-11-15-13-14-17(21)19(23-2)18(15)22/h13-14,21-22H,3-12H2,1-2H3. The Hall–Kier alpha value is -1.71. The van der Waals surface area contributed by atoms with Crippen LogP contribution in [0, 0.1) is 0 Å². The van der Waals surface area contributed by atoms with Gasteiger partial charge in [0.2, 0.25) is 5.75 Å². The van der Waals surface area contributed by atoms with Gasteiger partial charge in [0.25, 0.3) is 0 Å². The number of Topliss-reactive ketones (excluding diaryl/α,β-unsaturated/α-hetero) is 1. The van der Waals surface area contributed by atoms with Gasteiger partial charge in [-0.15, -0.1) is 0 Å². The number of ether oxygens (including phenoxy) is 1. The Balaban J connectivity index is 2.13. The third-order valence-corrected chi connectivity index (χ3v) is 4.19. The van der Waals surface area contributed by atoms with Crippen molar-refractivity contribution in [2.45, 2.75) is 71.1 Å². The Labute approximate surface area is 139 Å². The monoisotopic (exact) mass is 322 g/mol. The van der Waals surface area contributed by atoms with Crippen LogP contribution >= 0.6 is 0 Å². The predicted molar refractivity (Wildman–Crippen MR) is 92.3 cm³/mol. The molecule has 0 saturated carbocycles. The molecular formula is C19H30O4.